The third kappa shape index (κ3) is 5.37. The van der Waals surface area contributed by atoms with Gasteiger partial charge in [-0.1, -0.05) is 49.9 Å². The SMILES string of the molecule is CC1CC(C)CN(C(=O)c2ccccc2NC(=O)c2ccc(CSc3ncn[nH]3)cc2)C1. The molecule has 2 atom stereocenters. The molecule has 1 fully saturated rings. The number of carbonyl (C=O) groups excluding carboxylic acids is 2. The monoisotopic (exact) mass is 449 g/mol. The first kappa shape index (κ1) is 22.1. The van der Waals surface area contributed by atoms with Crippen molar-refractivity contribution in [1.82, 2.24) is 20.1 Å². The first-order valence-corrected chi connectivity index (χ1v) is 11.7. The molecule has 0 saturated carbocycles. The summed E-state index contributed by atoms with van der Waals surface area (Å²) in [4.78, 5) is 32.1. The molecule has 1 aliphatic rings. The predicted octanol–water partition coefficient (Wildman–Crippen LogP) is 4.47. The zero-order valence-electron chi connectivity index (χ0n) is 18.2. The molecule has 0 spiro atoms. The molecule has 2 amide bonds. The van der Waals surface area contributed by atoms with Gasteiger partial charge in [0.1, 0.15) is 6.33 Å². The van der Waals surface area contributed by atoms with Crippen molar-refractivity contribution in [3.05, 3.63) is 71.5 Å². The molecule has 2 unspecified atom stereocenters. The number of hydrogen-bond donors (Lipinski definition) is 2. The van der Waals surface area contributed by atoms with Crippen LogP contribution in [0, 0.1) is 11.8 Å². The Morgan fingerprint density at radius 2 is 1.81 bits per heavy atom. The molecule has 3 aromatic rings. The Hall–Kier alpha value is -3.13. The van der Waals surface area contributed by atoms with Crippen LogP contribution < -0.4 is 5.32 Å². The van der Waals surface area contributed by atoms with Crippen LogP contribution in [0.3, 0.4) is 0 Å². The van der Waals surface area contributed by atoms with Gasteiger partial charge in [-0.15, -0.1) is 0 Å². The lowest BCUT2D eigenvalue weighted by Crippen LogP contribution is -2.42. The van der Waals surface area contributed by atoms with Gasteiger partial charge in [-0.05, 0) is 48.1 Å². The standard InChI is InChI=1S/C24H27N5O2S/c1-16-11-17(2)13-29(12-16)23(31)20-5-3-4-6-21(20)27-22(30)19-9-7-18(8-10-19)14-32-24-25-15-26-28-24/h3-10,15-17H,11-14H2,1-2H3,(H,27,30)(H,25,26,28). The second kappa shape index (κ2) is 9.99. The van der Waals surface area contributed by atoms with Crippen LogP contribution in [0.5, 0.6) is 0 Å². The van der Waals surface area contributed by atoms with Crippen LogP contribution in [-0.4, -0.2) is 45.0 Å². The highest BCUT2D eigenvalue weighted by atomic mass is 32.2. The largest absolute Gasteiger partial charge is 0.338 e. The first-order chi connectivity index (χ1) is 15.5. The summed E-state index contributed by atoms with van der Waals surface area (Å²) >= 11 is 1.54. The zero-order valence-corrected chi connectivity index (χ0v) is 19.1. The molecule has 0 bridgehead atoms. The number of carbonyl (C=O) groups is 2. The third-order valence-electron chi connectivity index (χ3n) is 5.55. The molecule has 1 aliphatic heterocycles. The molecule has 2 heterocycles. The fourth-order valence-electron chi connectivity index (χ4n) is 4.14. The second-order valence-corrected chi connectivity index (χ2v) is 9.40. The fraction of sp³-hybridized carbons (Fsp3) is 0.333. The summed E-state index contributed by atoms with van der Waals surface area (Å²) in [6.07, 6.45) is 2.61. The quantitative estimate of drug-likeness (QED) is 0.542. The summed E-state index contributed by atoms with van der Waals surface area (Å²) in [5.74, 6) is 1.41. The van der Waals surface area contributed by atoms with E-state index < -0.39 is 0 Å². The molecule has 7 nitrogen and oxygen atoms in total. The minimum atomic E-state index is -0.236. The number of hydrogen-bond acceptors (Lipinski definition) is 5. The highest BCUT2D eigenvalue weighted by Gasteiger charge is 2.27. The van der Waals surface area contributed by atoms with Gasteiger partial charge in [-0.3, -0.25) is 14.7 Å². The lowest BCUT2D eigenvalue weighted by molar-refractivity contribution is 0.0624. The molecule has 1 aromatic heterocycles. The molecule has 0 radical (unpaired) electrons. The van der Waals surface area contributed by atoms with Crippen LogP contribution in [0.1, 0.15) is 46.5 Å². The number of anilines is 1. The van der Waals surface area contributed by atoms with Crippen molar-refractivity contribution in [2.24, 2.45) is 11.8 Å². The van der Waals surface area contributed by atoms with Crippen LogP contribution in [-0.2, 0) is 5.75 Å². The number of para-hydroxylation sites is 1. The smallest absolute Gasteiger partial charge is 0.255 e. The number of nitrogens with one attached hydrogen (secondary N) is 2. The Bertz CT molecular complexity index is 1060. The lowest BCUT2D eigenvalue weighted by Gasteiger charge is -2.35. The third-order valence-corrected chi connectivity index (χ3v) is 6.49. The van der Waals surface area contributed by atoms with Gasteiger partial charge in [-0.25, -0.2) is 4.98 Å². The number of thioether (sulfide) groups is 1. The van der Waals surface area contributed by atoms with E-state index in [0.717, 1.165) is 36.0 Å². The molecule has 32 heavy (non-hydrogen) atoms. The zero-order chi connectivity index (χ0) is 22.5. The first-order valence-electron chi connectivity index (χ1n) is 10.8. The lowest BCUT2D eigenvalue weighted by atomic mass is 9.91. The Labute approximate surface area is 192 Å². The predicted molar refractivity (Wildman–Crippen MR) is 126 cm³/mol. The number of H-pyrrole nitrogens is 1. The van der Waals surface area contributed by atoms with Gasteiger partial charge in [0.05, 0.1) is 11.3 Å². The summed E-state index contributed by atoms with van der Waals surface area (Å²) in [7, 11) is 0. The summed E-state index contributed by atoms with van der Waals surface area (Å²) in [5, 5.41) is 10.3. The Balaban J connectivity index is 1.43. The summed E-state index contributed by atoms with van der Waals surface area (Å²) in [6, 6.07) is 14.7. The number of benzene rings is 2. The van der Waals surface area contributed by atoms with Crippen molar-refractivity contribution < 1.29 is 9.59 Å². The van der Waals surface area contributed by atoms with E-state index in [2.05, 4.69) is 34.3 Å². The van der Waals surface area contributed by atoms with Gasteiger partial charge in [0.15, 0.2) is 5.16 Å². The molecule has 166 valence electrons. The topological polar surface area (TPSA) is 91.0 Å². The maximum absolute atomic E-state index is 13.2. The van der Waals surface area contributed by atoms with E-state index in [0.29, 0.717) is 28.7 Å². The van der Waals surface area contributed by atoms with Crippen molar-refractivity contribution in [3.63, 3.8) is 0 Å². The van der Waals surface area contributed by atoms with Gasteiger partial charge in [0.25, 0.3) is 11.8 Å². The molecule has 2 N–H and O–H groups in total. The van der Waals surface area contributed by atoms with Crippen LogP contribution in [0.25, 0.3) is 0 Å². The summed E-state index contributed by atoms with van der Waals surface area (Å²) in [6.45, 7) is 5.85. The van der Waals surface area contributed by atoms with E-state index in [1.807, 2.05) is 29.2 Å². The second-order valence-electron chi connectivity index (χ2n) is 8.43. The summed E-state index contributed by atoms with van der Waals surface area (Å²) in [5.41, 5.74) is 2.69. The normalized spacial score (nSPS) is 18.4. The van der Waals surface area contributed by atoms with E-state index in [4.69, 9.17) is 0 Å². The minimum absolute atomic E-state index is 0.0286. The number of amides is 2. The van der Waals surface area contributed by atoms with Gasteiger partial charge < -0.3 is 10.2 Å². The van der Waals surface area contributed by atoms with Gasteiger partial charge in [0.2, 0.25) is 0 Å². The molecule has 0 aliphatic carbocycles. The van der Waals surface area contributed by atoms with Crippen LogP contribution >= 0.6 is 11.8 Å². The maximum Gasteiger partial charge on any atom is 0.255 e. The minimum Gasteiger partial charge on any atom is -0.338 e. The highest BCUT2D eigenvalue weighted by molar-refractivity contribution is 7.98. The van der Waals surface area contributed by atoms with Gasteiger partial charge in [0, 0.05) is 24.4 Å². The fourth-order valence-corrected chi connectivity index (χ4v) is 4.87. The average molecular weight is 450 g/mol. The van der Waals surface area contributed by atoms with Crippen molar-refractivity contribution in [2.45, 2.75) is 31.2 Å². The molecular formula is C24H27N5O2S. The van der Waals surface area contributed by atoms with E-state index in [-0.39, 0.29) is 11.8 Å². The highest BCUT2D eigenvalue weighted by Crippen LogP contribution is 2.25. The number of aromatic amines is 1. The van der Waals surface area contributed by atoms with Crippen LogP contribution in [0.15, 0.2) is 60.0 Å². The van der Waals surface area contributed by atoms with E-state index in [1.165, 1.54) is 6.33 Å². The van der Waals surface area contributed by atoms with Gasteiger partial charge in [-0.2, -0.15) is 5.10 Å². The van der Waals surface area contributed by atoms with Crippen LogP contribution in [0.2, 0.25) is 0 Å². The van der Waals surface area contributed by atoms with Crippen molar-refractivity contribution in [1.29, 1.82) is 0 Å². The van der Waals surface area contributed by atoms with Crippen molar-refractivity contribution in [2.75, 3.05) is 18.4 Å². The molecule has 2 aromatic carbocycles. The number of nitrogens with zero attached hydrogens (tertiary/aromatic N) is 3. The molecule has 4 rings (SSSR count). The molecule has 1 saturated heterocycles. The van der Waals surface area contributed by atoms with E-state index in [9.17, 15) is 9.59 Å². The Morgan fingerprint density at radius 1 is 1.09 bits per heavy atom. The Morgan fingerprint density at radius 3 is 2.50 bits per heavy atom. The Kier molecular flexibility index (Phi) is 6.90. The number of piperidine rings is 1. The average Bonchev–Trinajstić information content (AvgIpc) is 3.31. The molecular weight excluding hydrogens is 422 g/mol. The van der Waals surface area contributed by atoms with Crippen molar-refractivity contribution >= 4 is 29.3 Å². The van der Waals surface area contributed by atoms with Crippen molar-refractivity contribution in [3.8, 4) is 0 Å². The molecule has 8 heteroatoms. The van der Waals surface area contributed by atoms with E-state index in [1.54, 1.807) is 36.0 Å². The van der Waals surface area contributed by atoms with Gasteiger partial charge >= 0.3 is 0 Å². The summed E-state index contributed by atoms with van der Waals surface area (Å²) < 4.78 is 0. The van der Waals surface area contributed by atoms with E-state index >= 15 is 0 Å². The maximum atomic E-state index is 13.2. The number of likely N-dealkylation sites (tertiary alicyclic amines) is 1. The van der Waals surface area contributed by atoms with Crippen LogP contribution in [0.4, 0.5) is 5.69 Å². The number of aromatic nitrogens is 3. The number of rotatable bonds is 6.